The van der Waals surface area contributed by atoms with E-state index < -0.39 is 85.5 Å². The number of rotatable bonds is 46. The fourth-order valence-electron chi connectivity index (χ4n) is 5.86. The van der Waals surface area contributed by atoms with Gasteiger partial charge in [0.15, 0.2) is 0 Å². The molecule has 0 amide bonds. The normalized spacial score (nSPS) is 15.8. The number of phosphoric ester groups is 2. The molecule has 0 fully saturated rings. The molecule has 5 N–H and O–H groups in total. The third-order valence-electron chi connectivity index (χ3n) is 9.68. The molecular weight excluding hydrogens is 914 g/mol. The van der Waals surface area contributed by atoms with E-state index in [1.165, 1.54) is 57.8 Å². The minimum atomic E-state index is -4.80. The Kier molecular flexibility index (Phi) is 44.3. The second-order valence-electron chi connectivity index (χ2n) is 16.2. The van der Waals surface area contributed by atoms with Crippen LogP contribution < -0.4 is 0 Å². The molecule has 0 aromatic heterocycles. The molecular formula is C51H86O15P2. The van der Waals surface area contributed by atoms with Crippen LogP contribution in [0.15, 0.2) is 97.2 Å². The Morgan fingerprint density at radius 3 is 1.15 bits per heavy atom. The molecule has 0 aliphatic rings. The van der Waals surface area contributed by atoms with Gasteiger partial charge in [0.1, 0.15) is 31.5 Å². The molecule has 0 bridgehead atoms. The molecule has 0 aromatic carbocycles. The van der Waals surface area contributed by atoms with Crippen LogP contribution in [-0.2, 0) is 46.3 Å². The SMILES string of the molecule is CC\C=C/C=C/C=C/C=C\C=C\C=C\CCCCCC(=O)OCC(O)COP(=O)(O)OCC(O)COP(=O)(O)OCC(O)COC(=O)CCCCCCCCCCC/C=C\C/C=C\CCCCC. The molecule has 0 aliphatic heterocycles. The summed E-state index contributed by atoms with van der Waals surface area (Å²) in [5, 5.41) is 30.0. The molecule has 0 radical (unpaired) electrons. The number of carbonyl (C=O) groups is 2. The first kappa shape index (κ1) is 65.0. The van der Waals surface area contributed by atoms with Gasteiger partial charge < -0.3 is 34.6 Å². The third-order valence-corrected chi connectivity index (χ3v) is 11.6. The van der Waals surface area contributed by atoms with Crippen molar-refractivity contribution in [2.24, 2.45) is 0 Å². The molecule has 0 aromatic rings. The first-order valence-electron chi connectivity index (χ1n) is 24.7. The Balaban J connectivity index is 3.94. The van der Waals surface area contributed by atoms with E-state index in [1.807, 2.05) is 66.8 Å². The summed E-state index contributed by atoms with van der Waals surface area (Å²) < 4.78 is 53.0. The molecule has 0 saturated carbocycles. The summed E-state index contributed by atoms with van der Waals surface area (Å²) in [5.41, 5.74) is 0. The Hall–Kier alpha value is -3.04. The third kappa shape index (κ3) is 48.0. The van der Waals surface area contributed by atoms with Gasteiger partial charge in [-0.1, -0.05) is 175 Å². The van der Waals surface area contributed by atoms with Crippen molar-refractivity contribution < 1.29 is 71.4 Å². The van der Waals surface area contributed by atoms with Crippen LogP contribution in [0.2, 0.25) is 0 Å². The molecule has 0 spiro atoms. The standard InChI is InChI=1S/C51H86O15P2/c1-3-5-7-9-11-13-15-17-19-21-22-24-26-28-30-32-34-36-38-40-51(56)62-42-48(53)44-64-68(59,60)66-46-49(54)45-65-67(57,58)63-43-47(52)41-61-50(55)39-37-35-33-31-29-27-25-23-20-18-16-14-12-10-8-6-4-2/h6,8,10-14,16-20,23,25,27,29,47-49,52-54H,3-5,7,9,15,21-22,24,26,28,30-46H2,1-2H3,(H,57,58)(H,59,60)/b8-6-,12-10+,13-11-,16-14+,19-17-,20-18-,25-23+,29-27+. The van der Waals surface area contributed by atoms with Gasteiger partial charge in [-0.05, 0) is 64.2 Å². The molecule has 390 valence electrons. The summed E-state index contributed by atoms with van der Waals surface area (Å²) in [6, 6.07) is 0. The van der Waals surface area contributed by atoms with Gasteiger partial charge in [-0.15, -0.1) is 0 Å². The summed E-state index contributed by atoms with van der Waals surface area (Å²) >= 11 is 0. The van der Waals surface area contributed by atoms with Crippen molar-refractivity contribution in [3.63, 3.8) is 0 Å². The summed E-state index contributed by atoms with van der Waals surface area (Å²) in [6.45, 7) is 0.172. The van der Waals surface area contributed by atoms with Crippen molar-refractivity contribution in [2.75, 3.05) is 39.6 Å². The van der Waals surface area contributed by atoms with E-state index in [1.54, 1.807) is 0 Å². The Labute approximate surface area is 408 Å². The lowest BCUT2D eigenvalue weighted by Crippen LogP contribution is -2.25. The molecule has 0 rings (SSSR count). The highest BCUT2D eigenvalue weighted by Crippen LogP contribution is 2.45. The number of aliphatic hydroxyl groups is 3. The number of ether oxygens (including phenoxy) is 2. The van der Waals surface area contributed by atoms with E-state index in [9.17, 15) is 43.8 Å². The highest BCUT2D eigenvalue weighted by Gasteiger charge is 2.28. The van der Waals surface area contributed by atoms with Gasteiger partial charge in [-0.3, -0.25) is 27.7 Å². The second-order valence-corrected chi connectivity index (χ2v) is 19.2. The average Bonchev–Trinajstić information content (AvgIpc) is 3.31. The van der Waals surface area contributed by atoms with E-state index in [0.29, 0.717) is 12.8 Å². The number of phosphoric acid groups is 2. The largest absolute Gasteiger partial charge is 0.472 e. The Morgan fingerprint density at radius 1 is 0.412 bits per heavy atom. The number of hydrogen-bond donors (Lipinski definition) is 5. The van der Waals surface area contributed by atoms with Gasteiger partial charge >= 0.3 is 27.6 Å². The smallest absolute Gasteiger partial charge is 0.463 e. The second kappa shape index (κ2) is 46.3. The minimum Gasteiger partial charge on any atom is -0.463 e. The first-order valence-corrected chi connectivity index (χ1v) is 27.7. The van der Waals surface area contributed by atoms with Crippen LogP contribution in [0.25, 0.3) is 0 Å². The van der Waals surface area contributed by atoms with Crippen LogP contribution in [0.4, 0.5) is 0 Å². The fraction of sp³-hybridized carbons (Fsp3) is 0.647. The summed E-state index contributed by atoms with van der Waals surface area (Å²) in [5.74, 6) is -1.05. The van der Waals surface area contributed by atoms with Crippen molar-refractivity contribution in [1.82, 2.24) is 0 Å². The number of allylic oxidation sites excluding steroid dienone is 16. The van der Waals surface area contributed by atoms with Crippen LogP contribution in [0.1, 0.15) is 155 Å². The molecule has 17 heteroatoms. The van der Waals surface area contributed by atoms with E-state index in [4.69, 9.17) is 9.47 Å². The molecule has 15 nitrogen and oxygen atoms in total. The number of aliphatic hydroxyl groups excluding tert-OH is 3. The van der Waals surface area contributed by atoms with Gasteiger partial charge in [0.25, 0.3) is 0 Å². The van der Waals surface area contributed by atoms with Gasteiger partial charge in [0, 0.05) is 12.8 Å². The van der Waals surface area contributed by atoms with Crippen molar-refractivity contribution in [1.29, 1.82) is 0 Å². The van der Waals surface area contributed by atoms with Crippen LogP contribution in [0, 0.1) is 0 Å². The monoisotopic (exact) mass is 1000 g/mol. The van der Waals surface area contributed by atoms with Crippen LogP contribution in [0.5, 0.6) is 0 Å². The van der Waals surface area contributed by atoms with Crippen LogP contribution >= 0.6 is 15.6 Å². The number of carbonyl (C=O) groups excluding carboxylic acids is 2. The van der Waals surface area contributed by atoms with Gasteiger partial charge in [-0.25, -0.2) is 9.13 Å². The van der Waals surface area contributed by atoms with Crippen molar-refractivity contribution in [3.8, 4) is 0 Å². The van der Waals surface area contributed by atoms with E-state index >= 15 is 0 Å². The maximum Gasteiger partial charge on any atom is 0.472 e. The minimum absolute atomic E-state index is 0.140. The zero-order valence-corrected chi connectivity index (χ0v) is 42.8. The predicted molar refractivity (Wildman–Crippen MR) is 269 cm³/mol. The van der Waals surface area contributed by atoms with Gasteiger partial charge in [0.05, 0.1) is 26.4 Å². The van der Waals surface area contributed by atoms with Crippen molar-refractivity contribution >= 4 is 27.6 Å². The maximum atomic E-state index is 12.2. The highest BCUT2D eigenvalue weighted by molar-refractivity contribution is 7.47. The van der Waals surface area contributed by atoms with Crippen LogP contribution in [0.3, 0.4) is 0 Å². The Morgan fingerprint density at radius 2 is 0.735 bits per heavy atom. The van der Waals surface area contributed by atoms with Gasteiger partial charge in [0.2, 0.25) is 0 Å². The lowest BCUT2D eigenvalue weighted by Gasteiger charge is -2.19. The summed E-state index contributed by atoms with van der Waals surface area (Å²) in [7, 11) is -9.60. The van der Waals surface area contributed by atoms with Crippen LogP contribution in [-0.4, -0.2) is 95.0 Å². The first-order chi connectivity index (χ1) is 32.8. The zero-order valence-electron chi connectivity index (χ0n) is 41.0. The summed E-state index contributed by atoms with van der Waals surface area (Å²) in [4.78, 5) is 43.8. The zero-order chi connectivity index (χ0) is 50.2. The Bertz CT molecular complexity index is 1590. The van der Waals surface area contributed by atoms with Crippen molar-refractivity contribution in [3.05, 3.63) is 97.2 Å². The summed E-state index contributed by atoms with van der Waals surface area (Å²) in [6.07, 6.45) is 49.6. The topological polar surface area (TPSA) is 225 Å². The number of esters is 2. The quantitative estimate of drug-likeness (QED) is 0.0126. The molecule has 0 aliphatic carbocycles. The number of unbranched alkanes of at least 4 members (excludes halogenated alkanes) is 15. The van der Waals surface area contributed by atoms with Crippen molar-refractivity contribution in [2.45, 2.75) is 173 Å². The van der Waals surface area contributed by atoms with E-state index in [0.717, 1.165) is 57.8 Å². The van der Waals surface area contributed by atoms with E-state index in [2.05, 4.69) is 62.3 Å². The van der Waals surface area contributed by atoms with Gasteiger partial charge in [-0.2, -0.15) is 0 Å². The lowest BCUT2D eigenvalue weighted by atomic mass is 10.1. The average molecular weight is 1000 g/mol. The lowest BCUT2D eigenvalue weighted by molar-refractivity contribution is -0.148. The molecule has 0 heterocycles. The molecule has 5 unspecified atom stereocenters. The van der Waals surface area contributed by atoms with E-state index in [-0.39, 0.29) is 12.8 Å². The fourth-order valence-corrected chi connectivity index (χ4v) is 7.45. The molecule has 5 atom stereocenters. The molecule has 68 heavy (non-hydrogen) atoms. The highest BCUT2D eigenvalue weighted by atomic mass is 31.2. The maximum absolute atomic E-state index is 12.2. The predicted octanol–water partition coefficient (Wildman–Crippen LogP) is 11.5. The number of hydrogen-bond acceptors (Lipinski definition) is 13. The molecule has 0 saturated heterocycles.